The Morgan fingerprint density at radius 3 is 2.43 bits per heavy atom. The number of carbonyl (C=O) groups excluding carboxylic acids is 1. The summed E-state index contributed by atoms with van der Waals surface area (Å²) in [5, 5.41) is 3.03. The van der Waals surface area contributed by atoms with Crippen LogP contribution in [0.4, 0.5) is 8.78 Å². The lowest BCUT2D eigenvalue weighted by Crippen LogP contribution is -2.52. The summed E-state index contributed by atoms with van der Waals surface area (Å²) < 4.78 is 33.5. The second kappa shape index (κ2) is 10.5. The Morgan fingerprint density at radius 1 is 1.13 bits per heavy atom. The number of carbonyl (C=O) groups is 1. The molecule has 0 bridgehead atoms. The minimum Gasteiger partial charge on any atom is -0.491 e. The van der Waals surface area contributed by atoms with Crippen molar-refractivity contribution in [2.75, 3.05) is 13.1 Å². The van der Waals surface area contributed by atoms with Crippen molar-refractivity contribution < 1.29 is 18.3 Å². The van der Waals surface area contributed by atoms with Crippen molar-refractivity contribution in [3.63, 3.8) is 0 Å². The van der Waals surface area contributed by atoms with Crippen molar-refractivity contribution in [2.45, 2.75) is 58.0 Å². The number of hydrogen-bond acceptors (Lipinski definition) is 3. The molecule has 1 aliphatic heterocycles. The number of benzene rings is 2. The Balaban J connectivity index is 1.67. The third kappa shape index (κ3) is 6.26. The van der Waals surface area contributed by atoms with Gasteiger partial charge in [0.15, 0.2) is 0 Å². The van der Waals surface area contributed by atoms with Crippen LogP contribution in [-0.2, 0) is 17.8 Å². The van der Waals surface area contributed by atoms with Crippen LogP contribution in [0.25, 0.3) is 0 Å². The molecule has 1 heterocycles. The number of ether oxygens (including phenoxy) is 1. The molecule has 1 fully saturated rings. The van der Waals surface area contributed by atoms with E-state index in [9.17, 15) is 13.6 Å². The average Bonchev–Trinajstić information content (AvgIpc) is 2.73. The molecule has 0 aliphatic carbocycles. The number of rotatable bonds is 8. The van der Waals surface area contributed by atoms with Crippen LogP contribution in [-0.4, -0.2) is 42.2 Å². The Morgan fingerprint density at radius 2 is 1.80 bits per heavy atom. The predicted octanol–water partition coefficient (Wildman–Crippen LogP) is 4.27. The van der Waals surface area contributed by atoms with E-state index in [1.165, 1.54) is 12.1 Å². The Bertz CT molecular complexity index is 809. The molecule has 3 rings (SSSR count). The zero-order valence-electron chi connectivity index (χ0n) is 17.6. The molecule has 6 heteroatoms. The summed E-state index contributed by atoms with van der Waals surface area (Å²) in [7, 11) is 0. The quantitative estimate of drug-likeness (QED) is 0.699. The lowest BCUT2D eigenvalue weighted by Gasteiger charge is -2.37. The van der Waals surface area contributed by atoms with Gasteiger partial charge in [0.1, 0.15) is 17.7 Å². The molecular formula is C24H30F2N2O2. The highest BCUT2D eigenvalue weighted by Crippen LogP contribution is 2.21. The van der Waals surface area contributed by atoms with E-state index in [-0.39, 0.29) is 30.9 Å². The van der Waals surface area contributed by atoms with E-state index in [1.807, 2.05) is 38.1 Å². The average molecular weight is 417 g/mol. The Labute approximate surface area is 177 Å². The van der Waals surface area contributed by atoms with Gasteiger partial charge in [-0.3, -0.25) is 4.79 Å². The fourth-order valence-corrected chi connectivity index (χ4v) is 3.74. The first kappa shape index (κ1) is 22.2. The zero-order chi connectivity index (χ0) is 21.5. The monoisotopic (exact) mass is 416 g/mol. The number of alkyl halides is 1. The number of nitrogens with one attached hydrogen (secondary N) is 1. The molecule has 2 atom stereocenters. The molecule has 162 valence electrons. The van der Waals surface area contributed by atoms with Gasteiger partial charge in [-0.1, -0.05) is 24.3 Å². The van der Waals surface area contributed by atoms with Crippen molar-refractivity contribution in [2.24, 2.45) is 0 Å². The van der Waals surface area contributed by atoms with Crippen molar-refractivity contribution in [3.8, 4) is 5.75 Å². The maximum absolute atomic E-state index is 14.6. The standard InChI is InChI=1S/C24H30F2N2O2/c1-17(2)30-21-10-5-18(6-11-21)7-12-24(29)28(23-13-14-27-15-22(23)26)16-19-3-8-20(25)9-4-19/h3-6,8-11,17,22-23,27H,7,12-16H2,1-2H3/t22-,23+/m1/s1. The van der Waals surface area contributed by atoms with E-state index in [2.05, 4.69) is 5.32 Å². The van der Waals surface area contributed by atoms with Crippen LogP contribution in [0, 0.1) is 5.82 Å². The van der Waals surface area contributed by atoms with Crippen LogP contribution in [0.2, 0.25) is 0 Å². The Hall–Kier alpha value is -2.47. The summed E-state index contributed by atoms with van der Waals surface area (Å²) in [5.74, 6) is 0.385. The SMILES string of the molecule is CC(C)Oc1ccc(CCC(=O)N(Cc2ccc(F)cc2)[C@H]2CCNC[C@H]2F)cc1. The number of amides is 1. The van der Waals surface area contributed by atoms with Gasteiger partial charge in [0.25, 0.3) is 0 Å². The van der Waals surface area contributed by atoms with Crippen molar-refractivity contribution in [1.82, 2.24) is 10.2 Å². The first-order valence-electron chi connectivity index (χ1n) is 10.6. The molecule has 1 saturated heterocycles. The molecule has 2 aromatic carbocycles. The van der Waals surface area contributed by atoms with Gasteiger partial charge in [0.2, 0.25) is 5.91 Å². The first-order chi connectivity index (χ1) is 14.4. The number of hydrogen-bond donors (Lipinski definition) is 1. The summed E-state index contributed by atoms with van der Waals surface area (Å²) >= 11 is 0. The van der Waals surface area contributed by atoms with Crippen LogP contribution in [0.1, 0.15) is 37.8 Å². The van der Waals surface area contributed by atoms with Crippen molar-refractivity contribution >= 4 is 5.91 Å². The highest BCUT2D eigenvalue weighted by molar-refractivity contribution is 5.77. The summed E-state index contributed by atoms with van der Waals surface area (Å²) in [6.45, 7) is 5.15. The molecule has 1 amide bonds. The highest BCUT2D eigenvalue weighted by atomic mass is 19.1. The van der Waals surface area contributed by atoms with E-state index < -0.39 is 12.2 Å². The van der Waals surface area contributed by atoms with E-state index in [4.69, 9.17) is 4.74 Å². The number of halogens is 2. The molecule has 1 aliphatic rings. The van der Waals surface area contributed by atoms with Crippen molar-refractivity contribution in [3.05, 3.63) is 65.5 Å². The fourth-order valence-electron chi connectivity index (χ4n) is 3.74. The molecular weight excluding hydrogens is 386 g/mol. The van der Waals surface area contributed by atoms with E-state index >= 15 is 0 Å². The van der Waals surface area contributed by atoms with Gasteiger partial charge in [-0.2, -0.15) is 0 Å². The molecule has 2 aromatic rings. The molecule has 0 spiro atoms. The molecule has 30 heavy (non-hydrogen) atoms. The maximum Gasteiger partial charge on any atom is 0.223 e. The van der Waals surface area contributed by atoms with Crippen LogP contribution < -0.4 is 10.1 Å². The van der Waals surface area contributed by atoms with Crippen LogP contribution >= 0.6 is 0 Å². The lowest BCUT2D eigenvalue weighted by molar-refractivity contribution is -0.136. The fraction of sp³-hybridized carbons (Fsp3) is 0.458. The third-order valence-electron chi connectivity index (χ3n) is 5.28. The Kier molecular flexibility index (Phi) is 7.80. The number of nitrogens with zero attached hydrogens (tertiary/aromatic N) is 1. The lowest BCUT2D eigenvalue weighted by atomic mass is 10.0. The summed E-state index contributed by atoms with van der Waals surface area (Å²) in [4.78, 5) is 14.7. The van der Waals surface area contributed by atoms with Gasteiger partial charge in [-0.15, -0.1) is 0 Å². The first-order valence-corrected chi connectivity index (χ1v) is 10.6. The second-order valence-electron chi connectivity index (χ2n) is 8.03. The van der Waals surface area contributed by atoms with Gasteiger partial charge in [0.05, 0.1) is 12.1 Å². The summed E-state index contributed by atoms with van der Waals surface area (Å²) in [5.41, 5.74) is 1.83. The molecule has 0 aromatic heterocycles. The van der Waals surface area contributed by atoms with Crippen LogP contribution in [0.5, 0.6) is 5.75 Å². The molecule has 1 N–H and O–H groups in total. The largest absolute Gasteiger partial charge is 0.491 e. The summed E-state index contributed by atoms with van der Waals surface area (Å²) in [6, 6.07) is 13.3. The number of aryl methyl sites for hydroxylation is 1. The van der Waals surface area contributed by atoms with Gasteiger partial charge >= 0.3 is 0 Å². The minimum absolute atomic E-state index is 0.0867. The smallest absolute Gasteiger partial charge is 0.223 e. The molecule has 0 saturated carbocycles. The highest BCUT2D eigenvalue weighted by Gasteiger charge is 2.32. The zero-order valence-corrected chi connectivity index (χ0v) is 17.6. The van der Waals surface area contributed by atoms with Gasteiger partial charge < -0.3 is 15.0 Å². The van der Waals surface area contributed by atoms with E-state index in [0.29, 0.717) is 25.8 Å². The van der Waals surface area contributed by atoms with Gasteiger partial charge in [-0.25, -0.2) is 8.78 Å². The topological polar surface area (TPSA) is 41.6 Å². The predicted molar refractivity (Wildman–Crippen MR) is 114 cm³/mol. The van der Waals surface area contributed by atoms with Crippen LogP contribution in [0.15, 0.2) is 48.5 Å². The van der Waals surface area contributed by atoms with Crippen molar-refractivity contribution in [1.29, 1.82) is 0 Å². The third-order valence-corrected chi connectivity index (χ3v) is 5.28. The van der Waals surface area contributed by atoms with Gasteiger partial charge in [0, 0.05) is 19.5 Å². The molecule has 0 unspecified atom stereocenters. The van der Waals surface area contributed by atoms with Crippen LogP contribution in [0.3, 0.4) is 0 Å². The maximum atomic E-state index is 14.6. The second-order valence-corrected chi connectivity index (χ2v) is 8.03. The normalized spacial score (nSPS) is 19.0. The molecule has 0 radical (unpaired) electrons. The van der Waals surface area contributed by atoms with E-state index in [0.717, 1.165) is 16.9 Å². The van der Waals surface area contributed by atoms with Gasteiger partial charge in [-0.05, 0) is 68.6 Å². The number of piperidine rings is 1. The molecule has 4 nitrogen and oxygen atoms in total. The van der Waals surface area contributed by atoms with E-state index in [1.54, 1.807) is 17.0 Å². The minimum atomic E-state index is -1.12. The summed E-state index contributed by atoms with van der Waals surface area (Å²) in [6.07, 6.45) is 0.423.